The van der Waals surface area contributed by atoms with Crippen LogP contribution in [0.15, 0.2) is 17.5 Å². The second kappa shape index (κ2) is 11.0. The molecule has 0 fully saturated rings. The number of ether oxygens (including phenoxy) is 1. The summed E-state index contributed by atoms with van der Waals surface area (Å²) in [4.78, 5) is 12.6. The molecule has 1 aromatic rings. The number of unbranched alkanes of at least 4 members (excludes halogenated alkanes) is 7. The van der Waals surface area contributed by atoms with E-state index in [0.717, 1.165) is 11.3 Å². The van der Waals surface area contributed by atoms with E-state index >= 15 is 0 Å². The molecule has 3 heteroatoms. The minimum absolute atomic E-state index is 0.0922. The smallest absolute Gasteiger partial charge is 0.311 e. The molecule has 0 aliphatic carbocycles. The third-order valence-electron chi connectivity index (χ3n) is 3.16. The highest BCUT2D eigenvalue weighted by Crippen LogP contribution is 2.11. The number of thiophene rings is 1. The molecular weight excluding hydrogens is 256 g/mol. The largest absolute Gasteiger partial charge is 0.465 e. The van der Waals surface area contributed by atoms with Crippen LogP contribution in [0.2, 0.25) is 0 Å². The molecule has 0 N–H and O–H groups in total. The SMILES string of the molecule is CCCCCCCCCCOC(=O)Cc1cccs1. The van der Waals surface area contributed by atoms with E-state index in [1.54, 1.807) is 11.3 Å². The van der Waals surface area contributed by atoms with Gasteiger partial charge in [-0.05, 0) is 17.9 Å². The predicted octanol–water partition coefficient (Wildman–Crippen LogP) is 4.97. The Morgan fingerprint density at radius 1 is 1.11 bits per heavy atom. The average molecular weight is 282 g/mol. The van der Waals surface area contributed by atoms with Gasteiger partial charge in [0.2, 0.25) is 0 Å². The van der Waals surface area contributed by atoms with E-state index in [0.29, 0.717) is 13.0 Å². The lowest BCUT2D eigenvalue weighted by Gasteiger charge is -2.04. The number of esters is 1. The molecule has 0 unspecified atom stereocenters. The summed E-state index contributed by atoms with van der Waals surface area (Å²) in [5.41, 5.74) is 0. The number of carbonyl (C=O) groups is 1. The van der Waals surface area contributed by atoms with Crippen molar-refractivity contribution >= 4 is 17.3 Å². The summed E-state index contributed by atoms with van der Waals surface area (Å²) in [7, 11) is 0. The predicted molar refractivity (Wildman–Crippen MR) is 81.6 cm³/mol. The Bertz CT molecular complexity index is 319. The van der Waals surface area contributed by atoms with Crippen LogP contribution in [-0.2, 0) is 16.0 Å². The number of hydrogen-bond donors (Lipinski definition) is 0. The summed E-state index contributed by atoms with van der Waals surface area (Å²) in [6.07, 6.45) is 10.6. The van der Waals surface area contributed by atoms with Crippen molar-refractivity contribution in [2.75, 3.05) is 6.61 Å². The average Bonchev–Trinajstić information content (AvgIpc) is 2.89. The van der Waals surface area contributed by atoms with Gasteiger partial charge in [-0.2, -0.15) is 0 Å². The van der Waals surface area contributed by atoms with Crippen LogP contribution in [-0.4, -0.2) is 12.6 Å². The van der Waals surface area contributed by atoms with Crippen molar-refractivity contribution in [3.05, 3.63) is 22.4 Å². The van der Waals surface area contributed by atoms with Gasteiger partial charge in [0.05, 0.1) is 13.0 Å². The first-order valence-corrected chi connectivity index (χ1v) is 8.39. The fourth-order valence-electron chi connectivity index (χ4n) is 2.03. The number of hydrogen-bond acceptors (Lipinski definition) is 3. The van der Waals surface area contributed by atoms with Gasteiger partial charge in [0.15, 0.2) is 0 Å². The van der Waals surface area contributed by atoms with E-state index in [9.17, 15) is 4.79 Å². The zero-order chi connectivity index (χ0) is 13.8. The zero-order valence-corrected chi connectivity index (χ0v) is 12.8. The van der Waals surface area contributed by atoms with Crippen molar-refractivity contribution in [1.82, 2.24) is 0 Å². The van der Waals surface area contributed by atoms with Crippen LogP contribution in [0.5, 0.6) is 0 Å². The molecule has 0 saturated carbocycles. The maximum Gasteiger partial charge on any atom is 0.311 e. The second-order valence-electron chi connectivity index (χ2n) is 4.95. The van der Waals surface area contributed by atoms with Crippen LogP contribution < -0.4 is 0 Å². The highest BCUT2D eigenvalue weighted by molar-refractivity contribution is 7.10. The first-order valence-electron chi connectivity index (χ1n) is 7.51. The molecule has 0 bridgehead atoms. The van der Waals surface area contributed by atoms with E-state index in [2.05, 4.69) is 6.92 Å². The van der Waals surface area contributed by atoms with E-state index in [1.165, 1.54) is 44.9 Å². The van der Waals surface area contributed by atoms with Crippen LogP contribution in [0.1, 0.15) is 63.2 Å². The van der Waals surface area contributed by atoms with Crippen LogP contribution in [0.4, 0.5) is 0 Å². The van der Waals surface area contributed by atoms with E-state index in [1.807, 2.05) is 17.5 Å². The van der Waals surface area contributed by atoms with Crippen molar-refractivity contribution in [3.8, 4) is 0 Å². The van der Waals surface area contributed by atoms with Crippen LogP contribution in [0.3, 0.4) is 0 Å². The van der Waals surface area contributed by atoms with Gasteiger partial charge in [-0.25, -0.2) is 0 Å². The van der Waals surface area contributed by atoms with E-state index in [4.69, 9.17) is 4.74 Å². The highest BCUT2D eigenvalue weighted by atomic mass is 32.1. The summed E-state index contributed by atoms with van der Waals surface area (Å²) >= 11 is 1.61. The summed E-state index contributed by atoms with van der Waals surface area (Å²) in [5, 5.41) is 1.99. The van der Waals surface area contributed by atoms with Gasteiger partial charge in [0, 0.05) is 4.88 Å². The molecule has 0 atom stereocenters. The first kappa shape index (κ1) is 16.2. The molecule has 0 aliphatic rings. The van der Waals surface area contributed by atoms with Crippen LogP contribution in [0.25, 0.3) is 0 Å². The summed E-state index contributed by atoms with van der Waals surface area (Å²) < 4.78 is 5.23. The third kappa shape index (κ3) is 8.82. The zero-order valence-electron chi connectivity index (χ0n) is 12.0. The summed E-state index contributed by atoms with van der Waals surface area (Å²) in [6.45, 7) is 2.82. The van der Waals surface area contributed by atoms with E-state index in [-0.39, 0.29) is 5.97 Å². The van der Waals surface area contributed by atoms with Crippen molar-refractivity contribution in [1.29, 1.82) is 0 Å². The van der Waals surface area contributed by atoms with Gasteiger partial charge in [-0.15, -0.1) is 11.3 Å². The monoisotopic (exact) mass is 282 g/mol. The molecular formula is C16H26O2S. The lowest BCUT2D eigenvalue weighted by Crippen LogP contribution is -2.08. The Morgan fingerprint density at radius 3 is 2.42 bits per heavy atom. The lowest BCUT2D eigenvalue weighted by atomic mass is 10.1. The normalized spacial score (nSPS) is 10.6. The van der Waals surface area contributed by atoms with Crippen molar-refractivity contribution in [2.45, 2.75) is 64.7 Å². The quantitative estimate of drug-likeness (QED) is 0.423. The lowest BCUT2D eigenvalue weighted by molar-refractivity contribution is -0.142. The minimum atomic E-state index is -0.0922. The fraction of sp³-hybridized carbons (Fsp3) is 0.688. The minimum Gasteiger partial charge on any atom is -0.465 e. The van der Waals surface area contributed by atoms with Crippen molar-refractivity contribution in [2.24, 2.45) is 0 Å². The molecule has 0 aromatic carbocycles. The Labute approximate surface area is 121 Å². The Kier molecular flexibility index (Phi) is 9.42. The molecule has 19 heavy (non-hydrogen) atoms. The molecule has 0 radical (unpaired) electrons. The molecule has 1 rings (SSSR count). The van der Waals surface area contributed by atoms with Crippen LogP contribution >= 0.6 is 11.3 Å². The topological polar surface area (TPSA) is 26.3 Å². The van der Waals surface area contributed by atoms with Gasteiger partial charge >= 0.3 is 5.97 Å². The molecule has 2 nitrogen and oxygen atoms in total. The van der Waals surface area contributed by atoms with Gasteiger partial charge in [-0.1, -0.05) is 57.9 Å². The molecule has 0 spiro atoms. The number of rotatable bonds is 11. The summed E-state index contributed by atoms with van der Waals surface area (Å²) in [6, 6.07) is 3.94. The summed E-state index contributed by atoms with van der Waals surface area (Å²) in [5.74, 6) is -0.0922. The second-order valence-corrected chi connectivity index (χ2v) is 5.98. The Hall–Kier alpha value is -0.830. The molecule has 1 heterocycles. The van der Waals surface area contributed by atoms with Gasteiger partial charge in [-0.3, -0.25) is 4.79 Å². The first-order chi connectivity index (χ1) is 9.33. The van der Waals surface area contributed by atoms with Crippen LogP contribution in [0, 0.1) is 0 Å². The van der Waals surface area contributed by atoms with Crippen molar-refractivity contribution in [3.63, 3.8) is 0 Å². The Balaban J connectivity index is 1.86. The van der Waals surface area contributed by atoms with Crippen molar-refractivity contribution < 1.29 is 9.53 Å². The molecule has 108 valence electrons. The molecule has 0 amide bonds. The maximum atomic E-state index is 11.5. The molecule has 1 aromatic heterocycles. The van der Waals surface area contributed by atoms with E-state index < -0.39 is 0 Å². The van der Waals surface area contributed by atoms with Gasteiger partial charge in [0.1, 0.15) is 0 Å². The molecule has 0 aliphatic heterocycles. The van der Waals surface area contributed by atoms with Gasteiger partial charge < -0.3 is 4.74 Å². The molecule has 0 saturated heterocycles. The van der Waals surface area contributed by atoms with Gasteiger partial charge in [0.25, 0.3) is 0 Å². The highest BCUT2D eigenvalue weighted by Gasteiger charge is 2.04. The fourth-order valence-corrected chi connectivity index (χ4v) is 2.72. The standard InChI is InChI=1S/C16H26O2S/c1-2-3-4-5-6-7-8-9-12-18-16(17)14-15-11-10-13-19-15/h10-11,13H,2-9,12,14H2,1H3. The third-order valence-corrected chi connectivity index (χ3v) is 4.04. The maximum absolute atomic E-state index is 11.5. The number of carbonyl (C=O) groups excluding carboxylic acids is 1. The Morgan fingerprint density at radius 2 is 1.79 bits per heavy atom.